The summed E-state index contributed by atoms with van der Waals surface area (Å²) in [5.41, 5.74) is 5.83. The zero-order valence-electron chi connectivity index (χ0n) is 7.25. The van der Waals surface area contributed by atoms with Gasteiger partial charge >= 0.3 is 0 Å². The van der Waals surface area contributed by atoms with Crippen LogP contribution in [0.1, 0.15) is 25.7 Å². The largest absolute Gasteiger partial charge is 0.348 e. The van der Waals surface area contributed by atoms with Crippen LogP contribution in [0.5, 0.6) is 0 Å². The molecule has 1 fully saturated rings. The van der Waals surface area contributed by atoms with Gasteiger partial charge in [0.05, 0.1) is 0 Å². The van der Waals surface area contributed by atoms with Gasteiger partial charge in [0, 0.05) is 12.1 Å². The van der Waals surface area contributed by atoms with Gasteiger partial charge in [-0.05, 0) is 18.9 Å². The van der Waals surface area contributed by atoms with Crippen molar-refractivity contribution in [3.05, 3.63) is 12.7 Å². The van der Waals surface area contributed by atoms with Gasteiger partial charge < -0.3 is 11.1 Å². The normalized spacial score (nSPS) is 29.4. The summed E-state index contributed by atoms with van der Waals surface area (Å²) in [4.78, 5) is 10.9. The second kappa shape index (κ2) is 4.26. The molecule has 1 saturated carbocycles. The lowest BCUT2D eigenvalue weighted by Gasteiger charge is -2.28. The van der Waals surface area contributed by atoms with Crippen LogP contribution in [0, 0.1) is 0 Å². The van der Waals surface area contributed by atoms with Crippen LogP contribution >= 0.6 is 0 Å². The van der Waals surface area contributed by atoms with Crippen molar-refractivity contribution in [3.63, 3.8) is 0 Å². The van der Waals surface area contributed by atoms with Crippen molar-refractivity contribution in [2.75, 3.05) is 0 Å². The van der Waals surface area contributed by atoms with Crippen molar-refractivity contribution >= 4 is 5.91 Å². The first-order valence-electron chi connectivity index (χ1n) is 4.42. The van der Waals surface area contributed by atoms with Gasteiger partial charge in [-0.2, -0.15) is 0 Å². The molecule has 2 unspecified atom stereocenters. The average Bonchev–Trinajstić information content (AvgIpc) is 2.09. The topological polar surface area (TPSA) is 55.1 Å². The van der Waals surface area contributed by atoms with E-state index in [9.17, 15) is 4.79 Å². The Kier molecular flexibility index (Phi) is 3.29. The van der Waals surface area contributed by atoms with Gasteiger partial charge in [-0.25, -0.2) is 0 Å². The van der Waals surface area contributed by atoms with Crippen LogP contribution in [0.25, 0.3) is 0 Å². The van der Waals surface area contributed by atoms with Crippen LogP contribution in [-0.4, -0.2) is 18.0 Å². The maximum absolute atomic E-state index is 10.9. The van der Waals surface area contributed by atoms with Crippen LogP contribution in [0.2, 0.25) is 0 Å². The van der Waals surface area contributed by atoms with E-state index in [4.69, 9.17) is 5.73 Å². The summed E-state index contributed by atoms with van der Waals surface area (Å²) in [5, 5.41) is 2.84. The van der Waals surface area contributed by atoms with Crippen LogP contribution in [-0.2, 0) is 4.79 Å². The van der Waals surface area contributed by atoms with Gasteiger partial charge in [0.2, 0.25) is 5.91 Å². The van der Waals surface area contributed by atoms with Crippen molar-refractivity contribution in [1.82, 2.24) is 5.32 Å². The molecule has 3 nitrogen and oxygen atoms in total. The van der Waals surface area contributed by atoms with Gasteiger partial charge in [-0.3, -0.25) is 4.79 Å². The van der Waals surface area contributed by atoms with E-state index in [-0.39, 0.29) is 18.0 Å². The number of rotatable bonds is 2. The minimum atomic E-state index is -0.114. The van der Waals surface area contributed by atoms with Crippen molar-refractivity contribution in [1.29, 1.82) is 0 Å². The minimum Gasteiger partial charge on any atom is -0.348 e. The van der Waals surface area contributed by atoms with E-state index in [0.29, 0.717) is 0 Å². The zero-order chi connectivity index (χ0) is 8.97. The van der Waals surface area contributed by atoms with E-state index < -0.39 is 0 Å². The lowest BCUT2D eigenvalue weighted by atomic mass is 9.91. The second-order valence-electron chi connectivity index (χ2n) is 3.27. The van der Waals surface area contributed by atoms with E-state index in [0.717, 1.165) is 19.3 Å². The molecule has 3 heteroatoms. The molecule has 0 heterocycles. The Morgan fingerprint density at radius 2 is 2.17 bits per heavy atom. The van der Waals surface area contributed by atoms with Gasteiger partial charge in [-0.15, -0.1) is 0 Å². The molecule has 0 spiro atoms. The predicted octanol–water partition coefficient (Wildman–Crippen LogP) is 0.558. The molecule has 0 aromatic carbocycles. The van der Waals surface area contributed by atoms with Gasteiger partial charge in [0.15, 0.2) is 0 Å². The number of nitrogens with one attached hydrogen (secondary N) is 1. The summed E-state index contributed by atoms with van der Waals surface area (Å²) < 4.78 is 0. The lowest BCUT2D eigenvalue weighted by Crippen LogP contribution is -2.48. The third kappa shape index (κ3) is 2.34. The summed E-state index contributed by atoms with van der Waals surface area (Å²) in [6.45, 7) is 3.40. The number of carbonyl (C=O) groups excluding carboxylic acids is 1. The Morgan fingerprint density at radius 1 is 1.50 bits per heavy atom. The monoisotopic (exact) mass is 168 g/mol. The second-order valence-corrected chi connectivity index (χ2v) is 3.27. The molecule has 0 saturated heterocycles. The standard InChI is InChI=1S/C9H16N2O/c1-2-9(12)11-8-6-4-3-5-7(8)10/h2,7-8H,1,3-6,10H2,(H,11,12). The van der Waals surface area contributed by atoms with Crippen LogP contribution in [0.4, 0.5) is 0 Å². The summed E-state index contributed by atoms with van der Waals surface area (Å²) >= 11 is 0. The van der Waals surface area contributed by atoms with Gasteiger partial charge in [-0.1, -0.05) is 19.4 Å². The van der Waals surface area contributed by atoms with Crippen molar-refractivity contribution < 1.29 is 4.79 Å². The molecular weight excluding hydrogens is 152 g/mol. The molecule has 0 radical (unpaired) electrons. The van der Waals surface area contributed by atoms with Crippen LogP contribution < -0.4 is 11.1 Å². The molecule has 1 aliphatic carbocycles. The number of amides is 1. The molecule has 0 aromatic rings. The molecule has 1 rings (SSSR count). The first kappa shape index (κ1) is 9.26. The summed E-state index contributed by atoms with van der Waals surface area (Å²) in [7, 11) is 0. The number of hydrogen-bond acceptors (Lipinski definition) is 2. The third-order valence-electron chi connectivity index (χ3n) is 2.33. The van der Waals surface area contributed by atoms with Gasteiger partial charge in [0.25, 0.3) is 0 Å². The molecule has 0 aromatic heterocycles. The molecule has 2 atom stereocenters. The quantitative estimate of drug-likeness (QED) is 0.592. The van der Waals surface area contributed by atoms with E-state index >= 15 is 0 Å². The Balaban J connectivity index is 2.38. The molecule has 12 heavy (non-hydrogen) atoms. The van der Waals surface area contributed by atoms with Crippen molar-refractivity contribution in [3.8, 4) is 0 Å². The SMILES string of the molecule is C=CC(=O)NC1CCCCC1N. The fourth-order valence-corrected chi connectivity index (χ4v) is 1.58. The summed E-state index contributed by atoms with van der Waals surface area (Å²) in [6, 6.07) is 0.284. The Morgan fingerprint density at radius 3 is 2.75 bits per heavy atom. The Bertz CT molecular complexity index is 179. The first-order valence-corrected chi connectivity index (χ1v) is 4.42. The third-order valence-corrected chi connectivity index (χ3v) is 2.33. The lowest BCUT2D eigenvalue weighted by molar-refractivity contribution is -0.117. The van der Waals surface area contributed by atoms with E-state index in [1.807, 2.05) is 0 Å². The Hall–Kier alpha value is -0.830. The number of nitrogens with two attached hydrogens (primary N) is 1. The van der Waals surface area contributed by atoms with Crippen LogP contribution in [0.15, 0.2) is 12.7 Å². The molecular formula is C9H16N2O. The molecule has 1 aliphatic rings. The molecule has 0 bridgehead atoms. The highest BCUT2D eigenvalue weighted by atomic mass is 16.1. The average molecular weight is 168 g/mol. The summed E-state index contributed by atoms with van der Waals surface area (Å²) in [5.74, 6) is -0.114. The minimum absolute atomic E-state index is 0.114. The predicted molar refractivity (Wildman–Crippen MR) is 48.6 cm³/mol. The van der Waals surface area contributed by atoms with E-state index in [1.54, 1.807) is 0 Å². The van der Waals surface area contributed by atoms with E-state index in [1.165, 1.54) is 12.5 Å². The highest BCUT2D eigenvalue weighted by Gasteiger charge is 2.22. The van der Waals surface area contributed by atoms with Crippen molar-refractivity contribution in [2.45, 2.75) is 37.8 Å². The van der Waals surface area contributed by atoms with Crippen molar-refractivity contribution in [2.24, 2.45) is 5.73 Å². The van der Waals surface area contributed by atoms with E-state index in [2.05, 4.69) is 11.9 Å². The summed E-state index contributed by atoms with van der Waals surface area (Å²) in [6.07, 6.45) is 5.65. The molecule has 1 amide bonds. The maximum Gasteiger partial charge on any atom is 0.243 e. The fourth-order valence-electron chi connectivity index (χ4n) is 1.58. The highest BCUT2D eigenvalue weighted by Crippen LogP contribution is 2.16. The maximum atomic E-state index is 10.9. The molecule has 0 aliphatic heterocycles. The molecule has 3 N–H and O–H groups in total. The smallest absolute Gasteiger partial charge is 0.243 e. The van der Waals surface area contributed by atoms with Gasteiger partial charge in [0.1, 0.15) is 0 Å². The van der Waals surface area contributed by atoms with Crippen LogP contribution in [0.3, 0.4) is 0 Å². The first-order chi connectivity index (χ1) is 5.74. The molecule has 68 valence electrons. The Labute approximate surface area is 73.0 Å². The number of carbonyl (C=O) groups is 1. The zero-order valence-corrected chi connectivity index (χ0v) is 7.25. The fraction of sp³-hybridized carbons (Fsp3) is 0.667. The number of hydrogen-bond donors (Lipinski definition) is 2. The highest BCUT2D eigenvalue weighted by molar-refractivity contribution is 5.87.